The second-order valence-corrected chi connectivity index (χ2v) is 6.94. The van der Waals surface area contributed by atoms with Crippen molar-refractivity contribution in [2.45, 2.75) is 11.8 Å². The number of pyridine rings is 1. The van der Waals surface area contributed by atoms with E-state index in [-0.39, 0.29) is 4.90 Å². The average Bonchev–Trinajstić information content (AvgIpc) is 2.55. The summed E-state index contributed by atoms with van der Waals surface area (Å²) in [6, 6.07) is 14.5. The standard InChI is InChI=1S/C17H15N3O3S/c1-12-6-8-14(9-7-12)24(22,23)20-17(21)19-16-15-5-3-2-4-13(15)10-11-18-16/h2-11H,1H3,(H2,18,19,20,21). The summed E-state index contributed by atoms with van der Waals surface area (Å²) in [5, 5.41) is 4.10. The number of aryl methyl sites for hydroxylation is 1. The summed E-state index contributed by atoms with van der Waals surface area (Å²) in [6.45, 7) is 1.85. The fourth-order valence-electron chi connectivity index (χ4n) is 2.25. The van der Waals surface area contributed by atoms with Crippen molar-refractivity contribution in [2.24, 2.45) is 0 Å². The van der Waals surface area contributed by atoms with Gasteiger partial charge in [0.2, 0.25) is 0 Å². The molecule has 24 heavy (non-hydrogen) atoms. The molecule has 2 N–H and O–H groups in total. The van der Waals surface area contributed by atoms with Crippen LogP contribution < -0.4 is 10.0 Å². The highest BCUT2D eigenvalue weighted by atomic mass is 32.2. The maximum atomic E-state index is 12.2. The molecule has 0 fully saturated rings. The van der Waals surface area contributed by atoms with Crippen LogP contribution in [0, 0.1) is 6.92 Å². The van der Waals surface area contributed by atoms with Crippen LogP contribution in [0.4, 0.5) is 10.6 Å². The number of carbonyl (C=O) groups is 1. The van der Waals surface area contributed by atoms with E-state index in [1.54, 1.807) is 24.4 Å². The molecule has 1 aromatic heterocycles. The summed E-state index contributed by atoms with van der Waals surface area (Å²) in [7, 11) is -3.94. The number of sulfonamides is 1. The van der Waals surface area contributed by atoms with Crippen LogP contribution in [-0.4, -0.2) is 19.4 Å². The number of aromatic nitrogens is 1. The zero-order valence-corrected chi connectivity index (χ0v) is 13.7. The number of hydrogen-bond acceptors (Lipinski definition) is 4. The zero-order chi connectivity index (χ0) is 17.2. The van der Waals surface area contributed by atoms with Crippen molar-refractivity contribution in [3.8, 4) is 0 Å². The first-order valence-corrected chi connectivity index (χ1v) is 8.68. The highest BCUT2D eigenvalue weighted by Gasteiger charge is 2.18. The Morgan fingerprint density at radius 2 is 1.71 bits per heavy atom. The van der Waals surface area contributed by atoms with Gasteiger partial charge in [-0.15, -0.1) is 0 Å². The molecule has 2 aromatic carbocycles. The van der Waals surface area contributed by atoms with E-state index in [1.165, 1.54) is 12.1 Å². The second-order valence-electron chi connectivity index (χ2n) is 5.25. The van der Waals surface area contributed by atoms with Crippen LogP contribution in [0.3, 0.4) is 0 Å². The summed E-state index contributed by atoms with van der Waals surface area (Å²) in [5.74, 6) is 0.296. The minimum Gasteiger partial charge on any atom is -0.291 e. The van der Waals surface area contributed by atoms with Gasteiger partial charge in [0, 0.05) is 11.6 Å². The molecule has 3 aromatic rings. The fourth-order valence-corrected chi connectivity index (χ4v) is 3.16. The molecule has 1 heterocycles. The third-order valence-electron chi connectivity index (χ3n) is 3.46. The van der Waals surface area contributed by atoms with Gasteiger partial charge >= 0.3 is 6.03 Å². The lowest BCUT2D eigenvalue weighted by molar-refractivity contribution is 0.256. The SMILES string of the molecule is Cc1ccc(S(=O)(=O)NC(=O)Nc2nccc3ccccc23)cc1. The van der Waals surface area contributed by atoms with Crippen LogP contribution in [0.5, 0.6) is 0 Å². The molecule has 122 valence electrons. The molecule has 0 unspecified atom stereocenters. The zero-order valence-electron chi connectivity index (χ0n) is 12.9. The number of urea groups is 1. The predicted octanol–water partition coefficient (Wildman–Crippen LogP) is 3.05. The van der Waals surface area contributed by atoms with E-state index in [0.29, 0.717) is 5.82 Å². The first-order chi connectivity index (χ1) is 11.5. The second kappa shape index (κ2) is 6.29. The number of rotatable bonds is 3. The molecule has 0 aliphatic carbocycles. The van der Waals surface area contributed by atoms with E-state index in [0.717, 1.165) is 16.3 Å². The Bertz CT molecular complexity index is 994. The Labute approximate surface area is 139 Å². The van der Waals surface area contributed by atoms with Crippen molar-refractivity contribution in [2.75, 3.05) is 5.32 Å². The van der Waals surface area contributed by atoms with Gasteiger partial charge in [-0.05, 0) is 30.5 Å². The molecule has 0 radical (unpaired) electrons. The molecule has 3 rings (SSSR count). The lowest BCUT2D eigenvalue weighted by Gasteiger charge is -2.10. The number of hydrogen-bond donors (Lipinski definition) is 2. The molecular weight excluding hydrogens is 326 g/mol. The van der Waals surface area contributed by atoms with Crippen LogP contribution in [0.25, 0.3) is 10.8 Å². The van der Waals surface area contributed by atoms with Gasteiger partial charge < -0.3 is 0 Å². The van der Waals surface area contributed by atoms with Gasteiger partial charge in [0.15, 0.2) is 0 Å². The lowest BCUT2D eigenvalue weighted by Crippen LogP contribution is -2.34. The van der Waals surface area contributed by atoms with E-state index >= 15 is 0 Å². The van der Waals surface area contributed by atoms with Gasteiger partial charge in [-0.2, -0.15) is 0 Å². The highest BCUT2D eigenvalue weighted by molar-refractivity contribution is 7.90. The summed E-state index contributed by atoms with van der Waals surface area (Å²) in [6.07, 6.45) is 1.55. The van der Waals surface area contributed by atoms with Crippen molar-refractivity contribution < 1.29 is 13.2 Å². The van der Waals surface area contributed by atoms with Gasteiger partial charge in [0.05, 0.1) is 4.90 Å². The van der Waals surface area contributed by atoms with Crippen LogP contribution in [0.15, 0.2) is 65.7 Å². The van der Waals surface area contributed by atoms with Crippen molar-refractivity contribution in [1.82, 2.24) is 9.71 Å². The van der Waals surface area contributed by atoms with Crippen molar-refractivity contribution >= 4 is 32.6 Å². The molecule has 0 saturated carbocycles. The van der Waals surface area contributed by atoms with E-state index < -0.39 is 16.1 Å². The van der Waals surface area contributed by atoms with Crippen molar-refractivity contribution in [3.63, 3.8) is 0 Å². The molecule has 7 heteroatoms. The van der Waals surface area contributed by atoms with Crippen LogP contribution in [0.2, 0.25) is 0 Å². The van der Waals surface area contributed by atoms with E-state index in [1.807, 2.05) is 35.9 Å². The molecule has 0 bridgehead atoms. The number of benzene rings is 2. The number of amides is 2. The summed E-state index contributed by atoms with van der Waals surface area (Å²) in [4.78, 5) is 16.2. The van der Waals surface area contributed by atoms with Crippen LogP contribution in [-0.2, 0) is 10.0 Å². The highest BCUT2D eigenvalue weighted by Crippen LogP contribution is 2.20. The van der Waals surface area contributed by atoms with Crippen molar-refractivity contribution in [1.29, 1.82) is 0 Å². The third kappa shape index (κ3) is 3.36. The molecule has 2 amide bonds. The Morgan fingerprint density at radius 1 is 1.00 bits per heavy atom. The Morgan fingerprint density at radius 3 is 2.46 bits per heavy atom. The van der Waals surface area contributed by atoms with E-state index in [4.69, 9.17) is 0 Å². The molecule has 0 aliphatic heterocycles. The van der Waals surface area contributed by atoms with Gasteiger partial charge in [-0.1, -0.05) is 42.0 Å². The minimum absolute atomic E-state index is 0.0223. The molecular formula is C17H15N3O3S. The quantitative estimate of drug-likeness (QED) is 0.766. The normalized spacial score (nSPS) is 11.2. The Kier molecular flexibility index (Phi) is 4.18. The van der Waals surface area contributed by atoms with Gasteiger partial charge in [-0.3, -0.25) is 5.32 Å². The maximum absolute atomic E-state index is 12.2. The lowest BCUT2D eigenvalue weighted by atomic mass is 10.1. The molecule has 6 nitrogen and oxygen atoms in total. The maximum Gasteiger partial charge on any atom is 0.334 e. The summed E-state index contributed by atoms with van der Waals surface area (Å²) < 4.78 is 26.4. The van der Waals surface area contributed by atoms with E-state index in [2.05, 4.69) is 10.3 Å². The average molecular weight is 341 g/mol. The Balaban J connectivity index is 1.81. The monoisotopic (exact) mass is 341 g/mol. The third-order valence-corrected chi connectivity index (χ3v) is 4.81. The molecule has 0 saturated heterocycles. The van der Waals surface area contributed by atoms with Gasteiger partial charge in [0.1, 0.15) is 5.82 Å². The largest absolute Gasteiger partial charge is 0.334 e. The predicted molar refractivity (Wildman–Crippen MR) is 92.3 cm³/mol. The van der Waals surface area contributed by atoms with Crippen molar-refractivity contribution in [3.05, 3.63) is 66.4 Å². The molecule has 0 aliphatic rings. The first-order valence-electron chi connectivity index (χ1n) is 7.20. The summed E-state index contributed by atoms with van der Waals surface area (Å²) in [5.41, 5.74) is 0.929. The van der Waals surface area contributed by atoms with E-state index in [9.17, 15) is 13.2 Å². The number of fused-ring (bicyclic) bond motifs is 1. The number of carbonyl (C=O) groups excluding carboxylic acids is 1. The number of nitrogens with zero attached hydrogens (tertiary/aromatic N) is 1. The smallest absolute Gasteiger partial charge is 0.291 e. The Hall–Kier alpha value is -2.93. The molecule has 0 spiro atoms. The van der Waals surface area contributed by atoms with Crippen LogP contribution in [0.1, 0.15) is 5.56 Å². The minimum atomic E-state index is -3.94. The van der Waals surface area contributed by atoms with Crippen LogP contribution >= 0.6 is 0 Å². The summed E-state index contributed by atoms with van der Waals surface area (Å²) >= 11 is 0. The molecule has 0 atom stereocenters. The topological polar surface area (TPSA) is 88.2 Å². The number of nitrogens with one attached hydrogen (secondary N) is 2. The number of anilines is 1. The first kappa shape index (κ1) is 15.9. The van der Waals surface area contributed by atoms with Gasteiger partial charge in [0.25, 0.3) is 10.0 Å². The fraction of sp³-hybridized carbons (Fsp3) is 0.0588. The van der Waals surface area contributed by atoms with Gasteiger partial charge in [-0.25, -0.2) is 22.9 Å².